The number of rotatable bonds is 3. The van der Waals surface area contributed by atoms with Crippen LogP contribution in [0.2, 0.25) is 10.0 Å². The largest absolute Gasteiger partial charge is 0.322 e. The smallest absolute Gasteiger partial charge is 0.255 e. The number of hydrogen-bond donors (Lipinski definition) is 2. The highest BCUT2D eigenvalue weighted by Crippen LogP contribution is 2.23. The van der Waals surface area contributed by atoms with Crippen LogP contribution in [-0.4, -0.2) is 14.3 Å². The number of sulfonamides is 1. The molecule has 0 saturated carbocycles. The Morgan fingerprint density at radius 3 is 2.36 bits per heavy atom. The third-order valence-electron chi connectivity index (χ3n) is 2.68. The van der Waals surface area contributed by atoms with E-state index in [9.17, 15) is 17.6 Å². The van der Waals surface area contributed by atoms with Gasteiger partial charge in [-0.3, -0.25) is 4.79 Å². The number of benzene rings is 2. The van der Waals surface area contributed by atoms with Crippen LogP contribution in [0.4, 0.5) is 10.1 Å². The lowest BCUT2D eigenvalue weighted by Gasteiger charge is -2.08. The van der Waals surface area contributed by atoms with Crippen molar-refractivity contribution in [3.8, 4) is 0 Å². The van der Waals surface area contributed by atoms with Crippen LogP contribution < -0.4 is 10.5 Å². The highest BCUT2D eigenvalue weighted by Gasteiger charge is 2.16. The summed E-state index contributed by atoms with van der Waals surface area (Å²) in [4.78, 5) is 11.7. The second kappa shape index (κ2) is 6.21. The van der Waals surface area contributed by atoms with E-state index in [-0.39, 0.29) is 26.2 Å². The van der Waals surface area contributed by atoms with Crippen LogP contribution in [0.25, 0.3) is 0 Å². The number of primary sulfonamides is 1. The number of carbonyl (C=O) groups is 1. The van der Waals surface area contributed by atoms with Gasteiger partial charge in [0.1, 0.15) is 10.7 Å². The van der Waals surface area contributed by atoms with E-state index in [0.29, 0.717) is 0 Å². The molecule has 0 unspecified atom stereocenters. The zero-order chi connectivity index (χ0) is 16.5. The van der Waals surface area contributed by atoms with Crippen LogP contribution >= 0.6 is 23.2 Å². The zero-order valence-electron chi connectivity index (χ0n) is 10.8. The number of halogens is 3. The number of nitrogens with two attached hydrogens (primary N) is 1. The normalized spacial score (nSPS) is 11.3. The first-order chi connectivity index (χ1) is 10.2. The fraction of sp³-hybridized carbons (Fsp3) is 0. The SMILES string of the molecule is NS(=O)(=O)c1cc(C(=O)Nc2ccc(F)c(Cl)c2)ccc1Cl. The Balaban J connectivity index is 2.32. The summed E-state index contributed by atoms with van der Waals surface area (Å²) in [5, 5.41) is 7.22. The average Bonchev–Trinajstić information content (AvgIpc) is 2.42. The molecule has 2 aromatic rings. The predicted molar refractivity (Wildman–Crippen MR) is 82.2 cm³/mol. The molecule has 2 rings (SSSR count). The van der Waals surface area contributed by atoms with Gasteiger partial charge in [0, 0.05) is 11.3 Å². The fourth-order valence-corrected chi connectivity index (χ4v) is 2.89. The van der Waals surface area contributed by atoms with Gasteiger partial charge in [0.05, 0.1) is 10.0 Å². The van der Waals surface area contributed by atoms with E-state index < -0.39 is 21.7 Å². The minimum atomic E-state index is -4.06. The van der Waals surface area contributed by atoms with Crippen molar-refractivity contribution in [1.82, 2.24) is 0 Å². The molecule has 0 aliphatic carbocycles. The number of carbonyl (C=O) groups excluding carboxylic acids is 1. The van der Waals surface area contributed by atoms with Crippen LogP contribution in [-0.2, 0) is 10.0 Å². The second-order valence-electron chi connectivity index (χ2n) is 4.27. The van der Waals surface area contributed by atoms with E-state index >= 15 is 0 Å². The monoisotopic (exact) mass is 362 g/mol. The van der Waals surface area contributed by atoms with Crippen molar-refractivity contribution in [3.63, 3.8) is 0 Å². The first-order valence-corrected chi connectivity index (χ1v) is 8.07. The summed E-state index contributed by atoms with van der Waals surface area (Å²) in [6, 6.07) is 7.26. The Labute approximate surface area is 135 Å². The van der Waals surface area contributed by atoms with E-state index in [1.807, 2.05) is 0 Å². The Hall–Kier alpha value is -1.67. The van der Waals surface area contributed by atoms with Gasteiger partial charge in [0.2, 0.25) is 10.0 Å². The van der Waals surface area contributed by atoms with Gasteiger partial charge < -0.3 is 5.32 Å². The molecule has 22 heavy (non-hydrogen) atoms. The summed E-state index contributed by atoms with van der Waals surface area (Å²) < 4.78 is 35.8. The van der Waals surface area contributed by atoms with Gasteiger partial charge in [0.25, 0.3) is 5.91 Å². The van der Waals surface area contributed by atoms with Crippen molar-refractivity contribution in [2.45, 2.75) is 4.90 Å². The van der Waals surface area contributed by atoms with Crippen molar-refractivity contribution in [2.24, 2.45) is 5.14 Å². The van der Waals surface area contributed by atoms with Crippen molar-refractivity contribution in [1.29, 1.82) is 0 Å². The van der Waals surface area contributed by atoms with E-state index in [0.717, 1.165) is 12.1 Å². The molecule has 0 heterocycles. The highest BCUT2D eigenvalue weighted by atomic mass is 35.5. The van der Waals surface area contributed by atoms with E-state index in [1.54, 1.807) is 0 Å². The molecule has 3 N–H and O–H groups in total. The Kier molecular flexibility index (Phi) is 4.72. The Bertz CT molecular complexity index is 856. The Morgan fingerprint density at radius 1 is 1.09 bits per heavy atom. The molecular formula is C13H9Cl2FN2O3S. The third kappa shape index (κ3) is 3.75. The number of hydrogen-bond acceptors (Lipinski definition) is 3. The molecule has 0 saturated heterocycles. The molecule has 5 nitrogen and oxygen atoms in total. The summed E-state index contributed by atoms with van der Waals surface area (Å²) in [6.07, 6.45) is 0. The van der Waals surface area contributed by atoms with Crippen LogP contribution in [0.15, 0.2) is 41.3 Å². The molecule has 0 bridgehead atoms. The van der Waals surface area contributed by atoms with E-state index in [4.69, 9.17) is 28.3 Å². The lowest BCUT2D eigenvalue weighted by atomic mass is 10.2. The molecule has 1 amide bonds. The molecule has 116 valence electrons. The lowest BCUT2D eigenvalue weighted by molar-refractivity contribution is 0.102. The van der Waals surface area contributed by atoms with Gasteiger partial charge in [-0.15, -0.1) is 0 Å². The summed E-state index contributed by atoms with van der Waals surface area (Å²) in [5.74, 6) is -1.24. The molecular weight excluding hydrogens is 354 g/mol. The maximum atomic E-state index is 13.0. The van der Waals surface area contributed by atoms with Crippen LogP contribution in [0.3, 0.4) is 0 Å². The molecule has 0 fully saturated rings. The summed E-state index contributed by atoms with van der Waals surface area (Å²) in [5.41, 5.74) is 0.275. The quantitative estimate of drug-likeness (QED) is 0.879. The van der Waals surface area contributed by atoms with Gasteiger partial charge >= 0.3 is 0 Å². The van der Waals surface area contributed by atoms with Crippen molar-refractivity contribution >= 4 is 44.8 Å². The maximum absolute atomic E-state index is 13.0. The topological polar surface area (TPSA) is 89.3 Å². The minimum Gasteiger partial charge on any atom is -0.322 e. The summed E-state index contributed by atoms with van der Waals surface area (Å²) in [7, 11) is -4.06. The van der Waals surface area contributed by atoms with E-state index in [2.05, 4.69) is 5.32 Å². The van der Waals surface area contributed by atoms with Gasteiger partial charge in [-0.1, -0.05) is 23.2 Å². The predicted octanol–water partition coefficient (Wildman–Crippen LogP) is 3.03. The van der Waals surface area contributed by atoms with Gasteiger partial charge in [-0.25, -0.2) is 17.9 Å². The average molecular weight is 363 g/mol. The maximum Gasteiger partial charge on any atom is 0.255 e. The third-order valence-corrected chi connectivity index (χ3v) is 4.36. The molecule has 0 aliphatic rings. The van der Waals surface area contributed by atoms with Gasteiger partial charge in [-0.05, 0) is 36.4 Å². The minimum absolute atomic E-state index is 0.0221. The molecule has 0 atom stereocenters. The number of amides is 1. The fourth-order valence-electron chi connectivity index (χ4n) is 1.64. The van der Waals surface area contributed by atoms with Crippen molar-refractivity contribution in [3.05, 3.63) is 57.8 Å². The molecule has 2 aromatic carbocycles. The lowest BCUT2D eigenvalue weighted by Crippen LogP contribution is -2.16. The van der Waals surface area contributed by atoms with Crippen LogP contribution in [0.1, 0.15) is 10.4 Å². The Morgan fingerprint density at radius 2 is 1.77 bits per heavy atom. The molecule has 0 aliphatic heterocycles. The second-order valence-corrected chi connectivity index (χ2v) is 6.62. The first kappa shape index (κ1) is 16.7. The highest BCUT2D eigenvalue weighted by molar-refractivity contribution is 7.89. The number of nitrogens with one attached hydrogen (secondary N) is 1. The van der Waals surface area contributed by atoms with Gasteiger partial charge in [-0.2, -0.15) is 0 Å². The van der Waals surface area contributed by atoms with Crippen molar-refractivity contribution < 1.29 is 17.6 Å². The standard InChI is InChI=1S/C13H9Cl2FN2O3S/c14-9-3-1-7(5-12(9)22(17,20)21)13(19)18-8-2-4-11(16)10(15)6-8/h1-6H,(H,18,19)(H2,17,20,21). The molecule has 0 aromatic heterocycles. The first-order valence-electron chi connectivity index (χ1n) is 5.77. The summed E-state index contributed by atoms with van der Waals surface area (Å²) in [6.45, 7) is 0. The molecule has 0 spiro atoms. The van der Waals surface area contributed by atoms with Gasteiger partial charge in [0.15, 0.2) is 0 Å². The van der Waals surface area contributed by atoms with Crippen LogP contribution in [0, 0.1) is 5.82 Å². The number of anilines is 1. The van der Waals surface area contributed by atoms with Crippen LogP contribution in [0.5, 0.6) is 0 Å². The van der Waals surface area contributed by atoms with E-state index in [1.165, 1.54) is 24.3 Å². The zero-order valence-corrected chi connectivity index (χ0v) is 13.1. The molecule has 9 heteroatoms. The van der Waals surface area contributed by atoms with Crippen molar-refractivity contribution in [2.75, 3.05) is 5.32 Å². The summed E-state index contributed by atoms with van der Waals surface area (Å²) >= 11 is 11.3. The molecule has 0 radical (unpaired) electrons.